The van der Waals surface area contributed by atoms with Gasteiger partial charge in [-0.05, 0) is 30.3 Å². The van der Waals surface area contributed by atoms with Gasteiger partial charge in [0.15, 0.2) is 8.32 Å². The van der Waals surface area contributed by atoms with Gasteiger partial charge >= 0.3 is 19.4 Å². The molecule has 0 spiro atoms. The molecule has 3 rings (SSSR count). The highest BCUT2D eigenvalue weighted by Crippen LogP contribution is 2.43. The van der Waals surface area contributed by atoms with E-state index in [2.05, 4.69) is 33.9 Å². The highest BCUT2D eigenvalue weighted by molar-refractivity contribution is 7.51. The van der Waals surface area contributed by atoms with E-state index in [4.69, 9.17) is 22.8 Å². The Balaban J connectivity index is 1.90. The molecular formula is C23H32F3O8PSi. The summed E-state index contributed by atoms with van der Waals surface area (Å²) in [4.78, 5) is 21.3. The molecule has 2 heterocycles. The van der Waals surface area contributed by atoms with E-state index in [0.717, 1.165) is 6.66 Å². The summed E-state index contributed by atoms with van der Waals surface area (Å²) in [6.07, 6.45) is -6.89. The third-order valence-corrected chi connectivity index (χ3v) is 11.7. The fourth-order valence-corrected chi connectivity index (χ4v) is 5.46. The van der Waals surface area contributed by atoms with Gasteiger partial charge in [-0.15, -0.1) is 0 Å². The van der Waals surface area contributed by atoms with Crippen LogP contribution >= 0.6 is 7.60 Å². The number of hydrogen-bond acceptors (Lipinski definition) is 7. The predicted octanol–water partition coefficient (Wildman–Crippen LogP) is 5.77. The number of hydrogen-bond donors (Lipinski definition) is 1. The van der Waals surface area contributed by atoms with Crippen molar-refractivity contribution < 1.29 is 45.5 Å². The van der Waals surface area contributed by atoms with Crippen molar-refractivity contribution >= 4 is 26.9 Å². The van der Waals surface area contributed by atoms with Crippen molar-refractivity contribution in [1.29, 1.82) is 0 Å². The highest BCUT2D eigenvalue weighted by Gasteiger charge is 2.49. The van der Waals surface area contributed by atoms with Crippen LogP contribution in [-0.4, -0.2) is 45.0 Å². The normalized spacial score (nSPS) is 25.2. The molecule has 1 aliphatic heterocycles. The molecule has 1 aromatic heterocycles. The topological polar surface area (TPSA) is 104 Å². The van der Waals surface area contributed by atoms with Crippen LogP contribution in [0.15, 0.2) is 33.5 Å². The molecule has 0 saturated carbocycles. The Labute approximate surface area is 208 Å². The van der Waals surface area contributed by atoms with E-state index < -0.39 is 51.8 Å². The first kappa shape index (κ1) is 28.9. The first-order valence-electron chi connectivity index (χ1n) is 11.4. The van der Waals surface area contributed by atoms with Gasteiger partial charge in [-0.1, -0.05) is 27.7 Å². The van der Waals surface area contributed by atoms with Crippen molar-refractivity contribution in [2.45, 2.75) is 70.5 Å². The van der Waals surface area contributed by atoms with E-state index in [1.807, 2.05) is 6.92 Å². The quantitative estimate of drug-likeness (QED) is 0.262. The second-order valence-electron chi connectivity index (χ2n) is 10.6. The molecule has 36 heavy (non-hydrogen) atoms. The summed E-state index contributed by atoms with van der Waals surface area (Å²) < 4.78 is 80.4. The monoisotopic (exact) mass is 552 g/mol. The van der Waals surface area contributed by atoms with Crippen molar-refractivity contribution in [3.63, 3.8) is 0 Å². The molecule has 8 nitrogen and oxygen atoms in total. The molecule has 13 heteroatoms. The zero-order valence-electron chi connectivity index (χ0n) is 21.2. The van der Waals surface area contributed by atoms with Crippen molar-refractivity contribution in [1.82, 2.24) is 0 Å². The van der Waals surface area contributed by atoms with Crippen LogP contribution < -0.4 is 10.4 Å². The summed E-state index contributed by atoms with van der Waals surface area (Å²) in [5.74, 6) is -0.246. The van der Waals surface area contributed by atoms with Gasteiger partial charge in [-0.3, -0.25) is 4.57 Å². The average molecular weight is 553 g/mol. The van der Waals surface area contributed by atoms with Gasteiger partial charge in [0.2, 0.25) is 6.29 Å². The van der Waals surface area contributed by atoms with Gasteiger partial charge in [0.05, 0.1) is 18.3 Å². The van der Waals surface area contributed by atoms with Gasteiger partial charge in [-0.2, -0.15) is 13.2 Å². The number of alkyl halides is 3. The zero-order valence-corrected chi connectivity index (χ0v) is 23.1. The number of rotatable bonds is 7. The fourth-order valence-electron chi connectivity index (χ4n) is 3.63. The standard InChI is InChI=1S/C23H32F3O8PSi/c1-13-20(34-36(6,7)22(2,3)4)18(12-30-35(5,28)29)33-21(13)31-14-8-9-15-16(23(24,25)26)11-19(27)32-17(15)10-14/h8-11,13,18,20-21H,12H2,1-7H3,(H,28,29)/t13?,18-,20+,21+/m1/s1. The summed E-state index contributed by atoms with van der Waals surface area (Å²) in [6, 6.07) is 4.10. The second-order valence-corrected chi connectivity index (χ2v) is 17.2. The van der Waals surface area contributed by atoms with Crippen LogP contribution in [0.4, 0.5) is 13.2 Å². The van der Waals surface area contributed by atoms with Crippen LogP contribution in [-0.2, 0) is 24.4 Å². The van der Waals surface area contributed by atoms with Crippen LogP contribution in [0.1, 0.15) is 33.3 Å². The zero-order chi connectivity index (χ0) is 27.3. The first-order chi connectivity index (χ1) is 16.3. The predicted molar refractivity (Wildman–Crippen MR) is 130 cm³/mol. The Morgan fingerprint density at radius 2 is 1.81 bits per heavy atom. The molecule has 1 N–H and O–H groups in total. The van der Waals surface area contributed by atoms with E-state index in [1.165, 1.54) is 18.2 Å². The summed E-state index contributed by atoms with van der Waals surface area (Å²) >= 11 is 0. The molecule has 0 amide bonds. The lowest BCUT2D eigenvalue weighted by atomic mass is 10.0. The van der Waals surface area contributed by atoms with E-state index in [-0.39, 0.29) is 34.3 Å². The molecule has 1 aromatic carbocycles. The van der Waals surface area contributed by atoms with Gasteiger partial charge in [-0.25, -0.2) is 4.79 Å². The fraction of sp³-hybridized carbons (Fsp3) is 0.609. The molecule has 0 aliphatic carbocycles. The van der Waals surface area contributed by atoms with Crippen LogP contribution in [0.5, 0.6) is 5.75 Å². The highest BCUT2D eigenvalue weighted by atomic mass is 31.2. The maximum atomic E-state index is 13.3. The smallest absolute Gasteiger partial charge is 0.417 e. The number of halogens is 3. The molecule has 1 saturated heterocycles. The van der Waals surface area contributed by atoms with Crippen molar-refractivity contribution in [3.8, 4) is 5.75 Å². The molecule has 0 radical (unpaired) electrons. The molecule has 5 atom stereocenters. The molecule has 2 aromatic rings. The Kier molecular flexibility index (Phi) is 7.93. The lowest BCUT2D eigenvalue weighted by Gasteiger charge is -2.40. The lowest BCUT2D eigenvalue weighted by Crippen LogP contribution is -2.48. The summed E-state index contributed by atoms with van der Waals surface area (Å²) in [5.41, 5.74) is -2.51. The molecule has 0 bridgehead atoms. The summed E-state index contributed by atoms with van der Waals surface area (Å²) in [5, 5.41) is -0.401. The molecule has 2 unspecified atom stereocenters. The first-order valence-corrected chi connectivity index (χ1v) is 16.3. The SMILES string of the molecule is CC1[C@@H](Oc2ccc3c(C(F)(F)F)cc(=O)oc3c2)O[C@H](COP(C)(=O)O)[C@H]1O[Si](C)(C)C(C)(C)C. The van der Waals surface area contributed by atoms with Crippen LogP contribution in [0.3, 0.4) is 0 Å². The Morgan fingerprint density at radius 1 is 1.17 bits per heavy atom. The summed E-state index contributed by atoms with van der Waals surface area (Å²) in [6.45, 7) is 13.0. The van der Waals surface area contributed by atoms with Crippen LogP contribution in [0.2, 0.25) is 18.1 Å². The molecule has 1 aliphatic rings. The van der Waals surface area contributed by atoms with Crippen molar-refractivity contribution in [3.05, 3.63) is 40.2 Å². The van der Waals surface area contributed by atoms with Gasteiger partial charge in [0.25, 0.3) is 0 Å². The minimum atomic E-state index is -4.73. The van der Waals surface area contributed by atoms with Gasteiger partial charge in [0, 0.05) is 30.1 Å². The molecule has 1 fully saturated rings. The van der Waals surface area contributed by atoms with Gasteiger partial charge in [0.1, 0.15) is 17.4 Å². The minimum Gasteiger partial charge on any atom is -0.464 e. The van der Waals surface area contributed by atoms with E-state index in [9.17, 15) is 27.4 Å². The number of benzene rings is 1. The number of fused-ring (bicyclic) bond motifs is 1. The van der Waals surface area contributed by atoms with E-state index >= 15 is 0 Å². The van der Waals surface area contributed by atoms with E-state index in [1.54, 1.807) is 0 Å². The molecule has 202 valence electrons. The summed E-state index contributed by atoms with van der Waals surface area (Å²) in [7, 11) is -6.08. The third-order valence-electron chi connectivity index (χ3n) is 6.61. The second kappa shape index (κ2) is 9.88. The molecular weight excluding hydrogens is 520 g/mol. The largest absolute Gasteiger partial charge is 0.464 e. The number of ether oxygens (including phenoxy) is 2. The Hall–Kier alpha value is -1.69. The van der Waals surface area contributed by atoms with Gasteiger partial charge < -0.3 is 27.7 Å². The van der Waals surface area contributed by atoms with Crippen molar-refractivity contribution in [2.24, 2.45) is 5.92 Å². The minimum absolute atomic E-state index is 0.123. The maximum Gasteiger partial charge on any atom is 0.417 e. The Morgan fingerprint density at radius 3 is 2.36 bits per heavy atom. The van der Waals surface area contributed by atoms with E-state index in [0.29, 0.717) is 6.07 Å². The maximum absolute atomic E-state index is 13.3. The average Bonchev–Trinajstić information content (AvgIpc) is 2.98. The lowest BCUT2D eigenvalue weighted by molar-refractivity contribution is -0.136. The third kappa shape index (κ3) is 6.59. The van der Waals surface area contributed by atoms with Crippen LogP contribution in [0, 0.1) is 5.92 Å². The Bertz CT molecular complexity index is 1200. The van der Waals surface area contributed by atoms with Crippen molar-refractivity contribution in [2.75, 3.05) is 13.3 Å². The van der Waals surface area contributed by atoms with Crippen LogP contribution in [0.25, 0.3) is 11.0 Å².